The van der Waals surface area contributed by atoms with Crippen LogP contribution in [0.2, 0.25) is 0 Å². The molecule has 3 aromatic heterocycles. The Hall–Kier alpha value is -3.14. The first-order chi connectivity index (χ1) is 13.5. The normalized spacial score (nSPS) is 13.9. The van der Waals surface area contributed by atoms with Gasteiger partial charge in [-0.1, -0.05) is 5.16 Å². The summed E-state index contributed by atoms with van der Waals surface area (Å²) in [5.74, 6) is 0.0177. The third-order valence-electron chi connectivity index (χ3n) is 4.47. The Morgan fingerprint density at radius 2 is 2.04 bits per heavy atom. The lowest BCUT2D eigenvalue weighted by molar-refractivity contribution is -0.139. The largest absolute Gasteiger partial charge is 0.361 e. The van der Waals surface area contributed by atoms with E-state index in [0.29, 0.717) is 46.5 Å². The van der Waals surface area contributed by atoms with Crippen LogP contribution in [0.15, 0.2) is 28.5 Å². The van der Waals surface area contributed by atoms with Crippen molar-refractivity contribution in [2.24, 2.45) is 0 Å². The van der Waals surface area contributed by atoms with Crippen LogP contribution >= 0.6 is 11.3 Å². The van der Waals surface area contributed by atoms with E-state index in [9.17, 15) is 9.59 Å². The Kier molecular flexibility index (Phi) is 4.86. The van der Waals surface area contributed by atoms with Crippen molar-refractivity contribution >= 4 is 23.2 Å². The minimum absolute atomic E-state index is 0.113. The van der Waals surface area contributed by atoms with Crippen LogP contribution in [0.5, 0.6) is 0 Å². The van der Waals surface area contributed by atoms with E-state index >= 15 is 0 Å². The number of hydrazine groups is 1. The summed E-state index contributed by atoms with van der Waals surface area (Å²) < 4.78 is 5.09. The van der Waals surface area contributed by atoms with Gasteiger partial charge in [-0.2, -0.15) is 0 Å². The van der Waals surface area contributed by atoms with E-state index in [1.807, 2.05) is 5.38 Å². The van der Waals surface area contributed by atoms with Gasteiger partial charge < -0.3 is 4.52 Å². The first kappa shape index (κ1) is 18.2. The number of hydrogen-bond acceptors (Lipinski definition) is 8. The molecular formula is C18H18N6O3S. The van der Waals surface area contributed by atoms with Crippen molar-refractivity contribution in [3.8, 4) is 10.7 Å². The minimum atomic E-state index is -0.263. The highest BCUT2D eigenvalue weighted by Crippen LogP contribution is 2.23. The Morgan fingerprint density at radius 1 is 1.21 bits per heavy atom. The summed E-state index contributed by atoms with van der Waals surface area (Å²) in [7, 11) is 0. The van der Waals surface area contributed by atoms with Gasteiger partial charge >= 0.3 is 0 Å². The zero-order valence-corrected chi connectivity index (χ0v) is 16.3. The second kappa shape index (κ2) is 7.47. The maximum atomic E-state index is 12.9. The zero-order valence-electron chi connectivity index (χ0n) is 15.5. The molecule has 3 aromatic rings. The summed E-state index contributed by atoms with van der Waals surface area (Å²) >= 11 is 1.41. The molecule has 1 fully saturated rings. The molecule has 0 aliphatic carbocycles. The number of carbonyl (C=O) groups excluding carboxylic acids is 2. The highest BCUT2D eigenvalue weighted by molar-refractivity contribution is 7.13. The van der Waals surface area contributed by atoms with Gasteiger partial charge in [0.1, 0.15) is 22.0 Å². The summed E-state index contributed by atoms with van der Waals surface area (Å²) in [5, 5.41) is 9.35. The first-order valence-electron chi connectivity index (χ1n) is 8.80. The summed E-state index contributed by atoms with van der Waals surface area (Å²) in [5.41, 5.74) is 2.25. The average molecular weight is 398 g/mol. The second-order valence-corrected chi connectivity index (χ2v) is 7.27. The number of hydrogen-bond donors (Lipinski definition) is 0. The molecule has 0 radical (unpaired) electrons. The molecule has 0 atom stereocenters. The molecule has 4 heterocycles. The Balaban J connectivity index is 1.49. The number of thiazole rings is 1. The van der Waals surface area contributed by atoms with Crippen molar-refractivity contribution in [2.75, 3.05) is 13.1 Å². The van der Waals surface area contributed by atoms with Crippen LogP contribution in [-0.2, 0) is 11.2 Å². The minimum Gasteiger partial charge on any atom is -0.361 e. The molecule has 144 valence electrons. The van der Waals surface area contributed by atoms with Gasteiger partial charge in [-0.05, 0) is 20.3 Å². The second-order valence-electron chi connectivity index (χ2n) is 6.41. The zero-order chi connectivity index (χ0) is 19.7. The number of aryl methyl sites for hydroxylation is 2. The third kappa shape index (κ3) is 3.38. The van der Waals surface area contributed by atoms with E-state index in [1.54, 1.807) is 32.4 Å². The number of nitrogens with zero attached hydrogens (tertiary/aromatic N) is 6. The van der Waals surface area contributed by atoms with E-state index in [2.05, 4.69) is 20.1 Å². The van der Waals surface area contributed by atoms with Gasteiger partial charge in [0.15, 0.2) is 0 Å². The number of amides is 2. The van der Waals surface area contributed by atoms with Crippen molar-refractivity contribution in [2.45, 2.75) is 26.7 Å². The first-order valence-corrected chi connectivity index (χ1v) is 9.68. The SMILES string of the molecule is Cc1noc(C)c1C(=O)N1CCCN1C(=O)Cc1csc(-c2cnccn2)n1. The van der Waals surface area contributed by atoms with Crippen molar-refractivity contribution in [3.05, 3.63) is 46.7 Å². The lowest BCUT2D eigenvalue weighted by Crippen LogP contribution is -2.45. The highest BCUT2D eigenvalue weighted by atomic mass is 32.1. The van der Waals surface area contributed by atoms with Crippen molar-refractivity contribution in [1.82, 2.24) is 30.1 Å². The standard InChI is InChI=1S/C18H18N6O3S/c1-11-16(12(2)27-22-11)18(26)24-7-3-6-23(24)15(25)8-13-10-28-17(21-13)14-9-19-4-5-20-14/h4-5,9-10H,3,6-8H2,1-2H3. The van der Waals surface area contributed by atoms with Crippen LogP contribution in [0.1, 0.15) is 33.9 Å². The van der Waals surface area contributed by atoms with Crippen molar-refractivity contribution < 1.29 is 14.1 Å². The van der Waals surface area contributed by atoms with Crippen LogP contribution in [0.4, 0.5) is 0 Å². The molecule has 2 amide bonds. The molecule has 0 N–H and O–H groups in total. The maximum absolute atomic E-state index is 12.9. The molecule has 4 rings (SSSR count). The predicted octanol–water partition coefficient (Wildman–Crippen LogP) is 2.04. The molecule has 1 aliphatic rings. The molecule has 28 heavy (non-hydrogen) atoms. The monoisotopic (exact) mass is 398 g/mol. The quantitative estimate of drug-likeness (QED) is 0.662. The van der Waals surface area contributed by atoms with Gasteiger partial charge in [-0.3, -0.25) is 24.6 Å². The lowest BCUT2D eigenvalue weighted by atomic mass is 10.2. The molecule has 0 spiro atoms. The van der Waals surface area contributed by atoms with Gasteiger partial charge in [-0.15, -0.1) is 11.3 Å². The summed E-state index contributed by atoms with van der Waals surface area (Å²) in [6.45, 7) is 4.39. The number of aromatic nitrogens is 4. The Labute approximate surface area is 165 Å². The molecule has 0 bridgehead atoms. The van der Waals surface area contributed by atoms with E-state index in [4.69, 9.17) is 4.52 Å². The molecule has 0 saturated carbocycles. The van der Waals surface area contributed by atoms with Crippen molar-refractivity contribution in [3.63, 3.8) is 0 Å². The summed E-state index contributed by atoms with van der Waals surface area (Å²) in [6, 6.07) is 0. The third-order valence-corrected chi connectivity index (χ3v) is 5.38. The molecule has 0 aromatic carbocycles. The topological polar surface area (TPSA) is 105 Å². The van der Waals surface area contributed by atoms with Gasteiger partial charge in [0, 0.05) is 30.9 Å². The molecule has 0 unspecified atom stereocenters. The van der Waals surface area contributed by atoms with Crippen LogP contribution in [0.25, 0.3) is 10.7 Å². The van der Waals surface area contributed by atoms with Crippen LogP contribution in [0.3, 0.4) is 0 Å². The van der Waals surface area contributed by atoms with E-state index in [1.165, 1.54) is 21.4 Å². The molecule has 9 nitrogen and oxygen atoms in total. The number of rotatable bonds is 4. The predicted molar refractivity (Wildman–Crippen MR) is 100 cm³/mol. The van der Waals surface area contributed by atoms with E-state index in [0.717, 1.165) is 6.42 Å². The highest BCUT2D eigenvalue weighted by Gasteiger charge is 2.34. The Bertz CT molecular complexity index is 996. The van der Waals surface area contributed by atoms with Crippen LogP contribution in [-0.4, -0.2) is 55.0 Å². The van der Waals surface area contributed by atoms with Crippen LogP contribution < -0.4 is 0 Å². The van der Waals surface area contributed by atoms with E-state index in [-0.39, 0.29) is 18.2 Å². The van der Waals surface area contributed by atoms with Gasteiger partial charge in [0.05, 0.1) is 24.0 Å². The molecule has 10 heteroatoms. The van der Waals surface area contributed by atoms with Gasteiger partial charge in [-0.25, -0.2) is 9.99 Å². The average Bonchev–Trinajstić information content (AvgIpc) is 3.42. The lowest BCUT2D eigenvalue weighted by Gasteiger charge is -2.27. The van der Waals surface area contributed by atoms with Gasteiger partial charge in [0.25, 0.3) is 5.91 Å². The fraction of sp³-hybridized carbons (Fsp3) is 0.333. The maximum Gasteiger partial charge on any atom is 0.277 e. The van der Waals surface area contributed by atoms with Crippen LogP contribution in [0, 0.1) is 13.8 Å². The molecular weight excluding hydrogens is 380 g/mol. The molecule has 1 saturated heterocycles. The summed E-state index contributed by atoms with van der Waals surface area (Å²) in [4.78, 5) is 38.5. The van der Waals surface area contributed by atoms with Crippen molar-refractivity contribution in [1.29, 1.82) is 0 Å². The number of carbonyl (C=O) groups is 2. The van der Waals surface area contributed by atoms with Gasteiger partial charge in [0.2, 0.25) is 5.91 Å². The fourth-order valence-electron chi connectivity index (χ4n) is 3.16. The van der Waals surface area contributed by atoms with E-state index < -0.39 is 0 Å². The summed E-state index contributed by atoms with van der Waals surface area (Å²) in [6.07, 6.45) is 5.67. The molecule has 1 aliphatic heterocycles. The fourth-order valence-corrected chi connectivity index (χ4v) is 3.94. The smallest absolute Gasteiger partial charge is 0.277 e. The Morgan fingerprint density at radius 3 is 2.75 bits per heavy atom.